The molecule has 1 aromatic heterocycles. The summed E-state index contributed by atoms with van der Waals surface area (Å²) in [7, 11) is 0. The maximum absolute atomic E-state index is 5.76. The van der Waals surface area contributed by atoms with E-state index in [-0.39, 0.29) is 6.04 Å². The van der Waals surface area contributed by atoms with Crippen molar-refractivity contribution in [1.82, 2.24) is 15.2 Å². The van der Waals surface area contributed by atoms with Crippen LogP contribution in [-0.4, -0.2) is 9.78 Å². The lowest BCUT2D eigenvalue weighted by Gasteiger charge is -2.17. The fourth-order valence-electron chi connectivity index (χ4n) is 2.41. The monoisotopic (exact) mass is 336 g/mol. The molecule has 0 aliphatic rings. The third-order valence-corrected chi connectivity index (χ3v) is 4.65. The smallest absolute Gasteiger partial charge is 0.0740 e. The summed E-state index contributed by atoms with van der Waals surface area (Å²) >= 11 is 3.60. The van der Waals surface area contributed by atoms with Gasteiger partial charge < -0.3 is 0 Å². The topological polar surface area (TPSA) is 55.9 Å². The number of benzene rings is 1. The van der Waals surface area contributed by atoms with Crippen molar-refractivity contribution in [2.45, 2.75) is 39.8 Å². The minimum absolute atomic E-state index is 0.0360. The average Bonchev–Trinajstić information content (AvgIpc) is 2.85. The molecule has 0 aliphatic carbocycles. The van der Waals surface area contributed by atoms with Gasteiger partial charge >= 0.3 is 0 Å². The Labute approximate surface area is 128 Å². The Kier molecular flexibility index (Phi) is 4.96. The summed E-state index contributed by atoms with van der Waals surface area (Å²) < 4.78 is 3.11. The van der Waals surface area contributed by atoms with Gasteiger partial charge in [0.1, 0.15) is 0 Å². The van der Waals surface area contributed by atoms with Gasteiger partial charge in [-0.3, -0.25) is 10.5 Å². The summed E-state index contributed by atoms with van der Waals surface area (Å²) in [4.78, 5) is 0. The van der Waals surface area contributed by atoms with E-state index >= 15 is 0 Å². The zero-order valence-corrected chi connectivity index (χ0v) is 13.7. The summed E-state index contributed by atoms with van der Waals surface area (Å²) in [5.74, 6) is 5.76. The van der Waals surface area contributed by atoms with Crippen molar-refractivity contribution in [1.29, 1.82) is 0 Å². The minimum Gasteiger partial charge on any atom is -0.272 e. The molecule has 0 saturated carbocycles. The molecule has 3 N–H and O–H groups in total. The summed E-state index contributed by atoms with van der Waals surface area (Å²) in [6.45, 7) is 7.25. The van der Waals surface area contributed by atoms with Gasteiger partial charge in [0.2, 0.25) is 0 Å². The lowest BCUT2D eigenvalue weighted by atomic mass is 9.98. The Hall–Kier alpha value is -1.17. The molecule has 0 radical (unpaired) electrons. The molecule has 0 saturated heterocycles. The molecule has 0 spiro atoms. The summed E-state index contributed by atoms with van der Waals surface area (Å²) in [5.41, 5.74) is 7.55. The highest BCUT2D eigenvalue weighted by Crippen LogP contribution is 2.28. The highest BCUT2D eigenvalue weighted by Gasteiger charge is 2.16. The number of nitrogens with zero attached hydrogens (tertiary/aromatic N) is 2. The van der Waals surface area contributed by atoms with E-state index in [1.54, 1.807) is 0 Å². The van der Waals surface area contributed by atoms with Crippen LogP contribution in [0.2, 0.25) is 0 Å². The van der Waals surface area contributed by atoms with Crippen molar-refractivity contribution in [2.24, 2.45) is 5.84 Å². The molecule has 1 unspecified atom stereocenters. The van der Waals surface area contributed by atoms with E-state index in [9.17, 15) is 0 Å². The van der Waals surface area contributed by atoms with Crippen LogP contribution in [0.3, 0.4) is 0 Å². The van der Waals surface area contributed by atoms with Crippen molar-refractivity contribution in [3.8, 4) is 0 Å². The molecule has 5 heteroatoms. The standard InChI is InChI=1S/C15H21BrN4/c1-4-5-20-9-13(8-18-20)15(19-17)12-6-10(2)14(16)11(3)7-12/h6-9,15,19H,4-5,17H2,1-3H3. The number of aryl methyl sites for hydroxylation is 3. The van der Waals surface area contributed by atoms with Gasteiger partial charge in [0.25, 0.3) is 0 Å². The molecule has 2 rings (SSSR count). The van der Waals surface area contributed by atoms with Crippen LogP contribution in [0.1, 0.15) is 41.6 Å². The molecule has 0 aliphatic heterocycles. The highest BCUT2D eigenvalue weighted by molar-refractivity contribution is 9.10. The average molecular weight is 337 g/mol. The summed E-state index contributed by atoms with van der Waals surface area (Å²) in [6, 6.07) is 4.27. The second kappa shape index (κ2) is 6.52. The molecular formula is C15H21BrN4. The predicted octanol–water partition coefficient (Wildman–Crippen LogP) is 3.23. The van der Waals surface area contributed by atoms with Gasteiger partial charge in [0.05, 0.1) is 12.2 Å². The first-order valence-electron chi connectivity index (χ1n) is 6.82. The van der Waals surface area contributed by atoms with Gasteiger partial charge in [0.15, 0.2) is 0 Å². The molecule has 1 heterocycles. The zero-order chi connectivity index (χ0) is 14.7. The maximum atomic E-state index is 5.76. The third kappa shape index (κ3) is 3.11. The van der Waals surface area contributed by atoms with Crippen LogP contribution in [0, 0.1) is 13.8 Å². The Morgan fingerprint density at radius 3 is 2.50 bits per heavy atom. The first-order valence-corrected chi connectivity index (χ1v) is 7.61. The minimum atomic E-state index is -0.0360. The van der Waals surface area contributed by atoms with Crippen LogP contribution >= 0.6 is 15.9 Å². The number of hydrazine groups is 1. The Morgan fingerprint density at radius 2 is 1.95 bits per heavy atom. The molecule has 1 atom stereocenters. The number of nitrogens with one attached hydrogen (secondary N) is 1. The van der Waals surface area contributed by atoms with Gasteiger partial charge in [-0.05, 0) is 37.0 Å². The van der Waals surface area contributed by atoms with Gasteiger partial charge in [-0.2, -0.15) is 5.10 Å². The van der Waals surface area contributed by atoms with Crippen LogP contribution in [0.25, 0.3) is 0 Å². The SMILES string of the molecule is CCCn1cc(C(NN)c2cc(C)c(Br)c(C)c2)cn1. The number of aromatic nitrogens is 2. The molecule has 108 valence electrons. The Bertz CT molecular complexity index is 568. The van der Waals surface area contributed by atoms with Crippen molar-refractivity contribution in [2.75, 3.05) is 0 Å². The Balaban J connectivity index is 2.36. The Morgan fingerprint density at radius 1 is 1.30 bits per heavy atom. The largest absolute Gasteiger partial charge is 0.272 e. The third-order valence-electron chi connectivity index (χ3n) is 3.40. The quantitative estimate of drug-likeness (QED) is 0.651. The molecule has 4 nitrogen and oxygen atoms in total. The number of nitrogens with two attached hydrogens (primary N) is 1. The van der Waals surface area contributed by atoms with Crippen LogP contribution in [0.5, 0.6) is 0 Å². The predicted molar refractivity (Wildman–Crippen MR) is 85.3 cm³/mol. The second-order valence-corrected chi connectivity index (χ2v) is 5.90. The lowest BCUT2D eigenvalue weighted by Crippen LogP contribution is -2.28. The number of hydrogen-bond donors (Lipinski definition) is 2. The van der Waals surface area contributed by atoms with E-state index in [2.05, 4.69) is 65.6 Å². The van der Waals surface area contributed by atoms with E-state index < -0.39 is 0 Å². The van der Waals surface area contributed by atoms with E-state index in [4.69, 9.17) is 5.84 Å². The second-order valence-electron chi connectivity index (χ2n) is 5.11. The van der Waals surface area contributed by atoms with Crippen LogP contribution in [0.15, 0.2) is 29.0 Å². The van der Waals surface area contributed by atoms with Gasteiger partial charge in [0, 0.05) is 22.8 Å². The van der Waals surface area contributed by atoms with E-state index in [1.807, 2.05) is 10.9 Å². The lowest BCUT2D eigenvalue weighted by molar-refractivity contribution is 0.597. The van der Waals surface area contributed by atoms with E-state index in [1.165, 1.54) is 11.1 Å². The number of halogens is 1. The van der Waals surface area contributed by atoms with Crippen molar-refractivity contribution in [3.63, 3.8) is 0 Å². The summed E-state index contributed by atoms with van der Waals surface area (Å²) in [5, 5.41) is 4.37. The highest BCUT2D eigenvalue weighted by atomic mass is 79.9. The van der Waals surface area contributed by atoms with Crippen molar-refractivity contribution < 1.29 is 0 Å². The molecule has 2 aromatic rings. The van der Waals surface area contributed by atoms with Gasteiger partial charge in [-0.1, -0.05) is 35.0 Å². The van der Waals surface area contributed by atoms with E-state index in [0.717, 1.165) is 28.6 Å². The fraction of sp³-hybridized carbons (Fsp3) is 0.400. The fourth-order valence-corrected chi connectivity index (χ4v) is 2.64. The molecule has 0 amide bonds. The first kappa shape index (κ1) is 15.2. The summed E-state index contributed by atoms with van der Waals surface area (Å²) in [6.07, 6.45) is 5.01. The zero-order valence-electron chi connectivity index (χ0n) is 12.2. The first-order chi connectivity index (χ1) is 9.56. The molecule has 1 aromatic carbocycles. The normalized spacial score (nSPS) is 12.7. The van der Waals surface area contributed by atoms with Crippen LogP contribution < -0.4 is 11.3 Å². The van der Waals surface area contributed by atoms with Crippen molar-refractivity contribution >= 4 is 15.9 Å². The van der Waals surface area contributed by atoms with Crippen LogP contribution in [0.4, 0.5) is 0 Å². The number of hydrogen-bond acceptors (Lipinski definition) is 3. The van der Waals surface area contributed by atoms with Gasteiger partial charge in [-0.15, -0.1) is 0 Å². The molecular weight excluding hydrogens is 316 g/mol. The molecule has 0 fully saturated rings. The van der Waals surface area contributed by atoms with Crippen molar-refractivity contribution in [3.05, 3.63) is 51.3 Å². The maximum Gasteiger partial charge on any atom is 0.0740 e. The van der Waals surface area contributed by atoms with Gasteiger partial charge in [-0.25, -0.2) is 5.43 Å². The van der Waals surface area contributed by atoms with E-state index in [0.29, 0.717) is 0 Å². The number of rotatable bonds is 5. The molecule has 20 heavy (non-hydrogen) atoms. The molecule has 0 bridgehead atoms. The van der Waals surface area contributed by atoms with Crippen LogP contribution in [-0.2, 0) is 6.54 Å².